The van der Waals surface area contributed by atoms with Gasteiger partial charge >= 0.3 is 0 Å². The van der Waals surface area contributed by atoms with Gasteiger partial charge in [-0.3, -0.25) is 4.79 Å². The van der Waals surface area contributed by atoms with Crippen LogP contribution < -0.4 is 5.32 Å². The number of carbonyl (C=O) groups is 1. The summed E-state index contributed by atoms with van der Waals surface area (Å²) >= 11 is 0. The molecule has 0 saturated carbocycles. The van der Waals surface area contributed by atoms with E-state index in [4.69, 9.17) is 0 Å². The minimum absolute atomic E-state index is 0.141. The summed E-state index contributed by atoms with van der Waals surface area (Å²) in [5, 5.41) is 33.4. The topological polar surface area (TPSA) is 89.8 Å². The van der Waals surface area contributed by atoms with Crippen molar-refractivity contribution in [3.8, 4) is 0 Å². The van der Waals surface area contributed by atoms with Crippen LogP contribution in [0.3, 0.4) is 0 Å². The molecule has 0 radical (unpaired) electrons. The van der Waals surface area contributed by atoms with E-state index in [2.05, 4.69) is 19.2 Å². The van der Waals surface area contributed by atoms with E-state index in [1.165, 1.54) is 186 Å². The minimum Gasteiger partial charge on any atom is -0.394 e. The number of nitrogens with one attached hydrogen (secondary N) is 1. The fourth-order valence-electron chi connectivity index (χ4n) is 7.22. The van der Waals surface area contributed by atoms with Gasteiger partial charge in [-0.15, -0.1) is 0 Å². The van der Waals surface area contributed by atoms with Crippen molar-refractivity contribution >= 4 is 5.91 Å². The van der Waals surface area contributed by atoms with E-state index in [9.17, 15) is 20.1 Å². The molecule has 1 amide bonds. The first-order valence-electron chi connectivity index (χ1n) is 22.3. The monoisotopic (exact) mass is 696 g/mol. The molecule has 0 bridgehead atoms. The molecule has 3 atom stereocenters. The van der Waals surface area contributed by atoms with Crippen LogP contribution in [0, 0.1) is 0 Å². The molecule has 294 valence electrons. The van der Waals surface area contributed by atoms with E-state index in [0.717, 1.165) is 38.5 Å². The molecular formula is C44H89NO4. The second kappa shape index (κ2) is 40.1. The van der Waals surface area contributed by atoms with Gasteiger partial charge in [0, 0.05) is 6.42 Å². The first-order valence-corrected chi connectivity index (χ1v) is 22.3. The van der Waals surface area contributed by atoms with Crippen LogP contribution in [0.4, 0.5) is 0 Å². The van der Waals surface area contributed by atoms with Crippen LogP contribution in [-0.4, -0.2) is 46.1 Å². The highest BCUT2D eigenvalue weighted by atomic mass is 16.3. The molecule has 49 heavy (non-hydrogen) atoms. The van der Waals surface area contributed by atoms with E-state index in [1.54, 1.807) is 0 Å². The Morgan fingerprint density at radius 3 is 0.980 bits per heavy atom. The smallest absolute Gasteiger partial charge is 0.220 e. The molecule has 0 spiro atoms. The van der Waals surface area contributed by atoms with Crippen molar-refractivity contribution in [2.75, 3.05) is 6.61 Å². The molecule has 4 N–H and O–H groups in total. The molecule has 0 aliphatic rings. The first-order chi connectivity index (χ1) is 24.1. The molecule has 0 unspecified atom stereocenters. The third-order valence-corrected chi connectivity index (χ3v) is 10.7. The summed E-state index contributed by atoms with van der Waals surface area (Å²) in [6.45, 7) is 4.17. The van der Waals surface area contributed by atoms with Crippen LogP contribution in [0.25, 0.3) is 0 Å². The maximum atomic E-state index is 12.4. The predicted octanol–water partition coefficient (Wildman–Crippen LogP) is 12.7. The van der Waals surface area contributed by atoms with Crippen molar-refractivity contribution in [2.45, 2.75) is 270 Å². The fourth-order valence-corrected chi connectivity index (χ4v) is 7.22. The number of carbonyl (C=O) groups excluding carboxylic acids is 1. The summed E-state index contributed by atoms with van der Waals surface area (Å²) in [4.78, 5) is 12.4. The van der Waals surface area contributed by atoms with Crippen molar-refractivity contribution in [3.05, 3.63) is 0 Å². The molecule has 0 saturated heterocycles. The molecular weight excluding hydrogens is 606 g/mol. The molecule has 0 aliphatic carbocycles. The van der Waals surface area contributed by atoms with E-state index in [-0.39, 0.29) is 12.5 Å². The summed E-state index contributed by atoms with van der Waals surface area (Å²) in [6.07, 6.45) is 45.2. The lowest BCUT2D eigenvalue weighted by atomic mass is 9.99. The average Bonchev–Trinajstić information content (AvgIpc) is 3.10. The quantitative estimate of drug-likeness (QED) is 0.0479. The zero-order valence-corrected chi connectivity index (χ0v) is 33.4. The van der Waals surface area contributed by atoms with Crippen LogP contribution >= 0.6 is 0 Å². The number of hydrogen-bond acceptors (Lipinski definition) is 4. The van der Waals surface area contributed by atoms with E-state index >= 15 is 0 Å². The number of rotatable bonds is 41. The number of amides is 1. The molecule has 0 heterocycles. The summed E-state index contributed by atoms with van der Waals surface area (Å²) in [5.41, 5.74) is 0. The van der Waals surface area contributed by atoms with Crippen LogP contribution in [0.2, 0.25) is 0 Å². The molecule has 0 aromatic carbocycles. The van der Waals surface area contributed by atoms with Gasteiger partial charge in [-0.1, -0.05) is 232 Å². The Morgan fingerprint density at radius 2 is 0.694 bits per heavy atom. The lowest BCUT2D eigenvalue weighted by Crippen LogP contribution is -2.50. The zero-order valence-electron chi connectivity index (χ0n) is 33.4. The SMILES string of the molecule is CCCCCCCCCCCCCCCCCCCCCCCCCCCCC(=O)N[C@@H](CO)[C@H](O)[C@H](O)CCCCCCCCCCC. The van der Waals surface area contributed by atoms with Crippen molar-refractivity contribution in [2.24, 2.45) is 0 Å². The van der Waals surface area contributed by atoms with Crippen LogP contribution in [0.5, 0.6) is 0 Å². The van der Waals surface area contributed by atoms with Gasteiger partial charge in [0.15, 0.2) is 0 Å². The highest BCUT2D eigenvalue weighted by Gasteiger charge is 2.26. The molecule has 0 aliphatic heterocycles. The maximum Gasteiger partial charge on any atom is 0.220 e. The van der Waals surface area contributed by atoms with Crippen molar-refractivity contribution in [3.63, 3.8) is 0 Å². The second-order valence-corrected chi connectivity index (χ2v) is 15.6. The maximum absolute atomic E-state index is 12.4. The Kier molecular flexibility index (Phi) is 39.6. The number of hydrogen-bond donors (Lipinski definition) is 4. The van der Waals surface area contributed by atoms with Gasteiger partial charge in [-0.2, -0.15) is 0 Å². The van der Waals surface area contributed by atoms with Crippen molar-refractivity contribution in [1.82, 2.24) is 5.32 Å². The summed E-state index contributed by atoms with van der Waals surface area (Å²) in [7, 11) is 0. The molecule has 0 rings (SSSR count). The third kappa shape index (κ3) is 35.5. The summed E-state index contributed by atoms with van der Waals surface area (Å²) in [6, 6.07) is -0.801. The minimum atomic E-state index is -1.13. The Bertz CT molecular complexity index is 644. The summed E-state index contributed by atoms with van der Waals surface area (Å²) in [5.74, 6) is -0.141. The molecule has 5 heteroatoms. The van der Waals surface area contributed by atoms with Gasteiger partial charge in [-0.05, 0) is 12.8 Å². The Balaban J connectivity index is 3.47. The Morgan fingerprint density at radius 1 is 0.429 bits per heavy atom. The number of aliphatic hydroxyl groups is 3. The van der Waals surface area contributed by atoms with Crippen molar-refractivity contribution in [1.29, 1.82) is 0 Å². The lowest BCUT2D eigenvalue weighted by molar-refractivity contribution is -0.124. The highest BCUT2D eigenvalue weighted by molar-refractivity contribution is 5.76. The van der Waals surface area contributed by atoms with Gasteiger partial charge in [0.1, 0.15) is 6.10 Å². The van der Waals surface area contributed by atoms with Crippen LogP contribution in [0.1, 0.15) is 251 Å². The first kappa shape index (κ1) is 48.3. The molecule has 5 nitrogen and oxygen atoms in total. The standard InChI is InChI=1S/C44H89NO4/c1-3-5-7-9-11-13-14-15-16-17-18-19-20-21-22-23-24-25-26-27-28-29-31-33-35-37-39-43(48)45-41(40-46)44(49)42(47)38-36-34-32-30-12-10-8-6-4-2/h41-42,44,46-47,49H,3-40H2,1-2H3,(H,45,48)/t41-,42+,44-/m0/s1. The van der Waals surface area contributed by atoms with Crippen molar-refractivity contribution < 1.29 is 20.1 Å². The van der Waals surface area contributed by atoms with E-state index < -0.39 is 18.2 Å². The van der Waals surface area contributed by atoms with E-state index in [0.29, 0.717) is 12.8 Å². The summed E-state index contributed by atoms with van der Waals surface area (Å²) < 4.78 is 0. The van der Waals surface area contributed by atoms with Gasteiger partial charge in [-0.25, -0.2) is 0 Å². The van der Waals surface area contributed by atoms with Crippen LogP contribution in [-0.2, 0) is 4.79 Å². The largest absolute Gasteiger partial charge is 0.394 e. The second-order valence-electron chi connectivity index (χ2n) is 15.6. The van der Waals surface area contributed by atoms with Crippen LogP contribution in [0.15, 0.2) is 0 Å². The normalized spacial score (nSPS) is 13.5. The Hall–Kier alpha value is -0.650. The predicted molar refractivity (Wildman–Crippen MR) is 213 cm³/mol. The molecule has 0 aromatic rings. The van der Waals surface area contributed by atoms with Gasteiger partial charge < -0.3 is 20.6 Å². The molecule has 0 fully saturated rings. The number of unbranched alkanes of at least 4 members (excludes halogenated alkanes) is 33. The average molecular weight is 696 g/mol. The van der Waals surface area contributed by atoms with Gasteiger partial charge in [0.2, 0.25) is 5.91 Å². The number of aliphatic hydroxyl groups excluding tert-OH is 3. The zero-order chi connectivity index (χ0) is 35.9. The third-order valence-electron chi connectivity index (χ3n) is 10.7. The fraction of sp³-hybridized carbons (Fsp3) is 0.977. The highest BCUT2D eigenvalue weighted by Crippen LogP contribution is 2.17. The van der Waals surface area contributed by atoms with Gasteiger partial charge in [0.05, 0.1) is 18.8 Å². The molecule has 0 aromatic heterocycles. The van der Waals surface area contributed by atoms with Gasteiger partial charge in [0.25, 0.3) is 0 Å². The van der Waals surface area contributed by atoms with E-state index in [1.807, 2.05) is 0 Å². The Labute approximate surface area is 307 Å². The lowest BCUT2D eigenvalue weighted by Gasteiger charge is -2.26.